The number of rotatable bonds is 6. The lowest BCUT2D eigenvalue weighted by atomic mass is 9.68. The molecule has 0 bridgehead atoms. The van der Waals surface area contributed by atoms with Gasteiger partial charge in [0.1, 0.15) is 0 Å². The SMILES string of the molecule is CCN(CCC(=O)O)C(=O)C1(CN)CCC1. The molecule has 0 aromatic carbocycles. The molecule has 0 unspecified atom stereocenters. The summed E-state index contributed by atoms with van der Waals surface area (Å²) in [6.07, 6.45) is 2.72. The molecule has 1 aliphatic carbocycles. The normalized spacial score (nSPS) is 17.6. The van der Waals surface area contributed by atoms with Gasteiger partial charge in [-0.2, -0.15) is 0 Å². The average Bonchev–Trinajstić information content (AvgIpc) is 2.17. The minimum atomic E-state index is -0.873. The first kappa shape index (κ1) is 13.0. The van der Waals surface area contributed by atoms with Gasteiger partial charge in [-0.1, -0.05) is 6.42 Å². The van der Waals surface area contributed by atoms with Gasteiger partial charge in [0.05, 0.1) is 11.8 Å². The molecular formula is C11H20N2O3. The van der Waals surface area contributed by atoms with Gasteiger partial charge in [-0.25, -0.2) is 0 Å². The largest absolute Gasteiger partial charge is 0.481 e. The van der Waals surface area contributed by atoms with Crippen LogP contribution in [0.2, 0.25) is 0 Å². The molecule has 1 saturated carbocycles. The fourth-order valence-electron chi connectivity index (χ4n) is 2.08. The van der Waals surface area contributed by atoms with Crippen molar-refractivity contribution < 1.29 is 14.7 Å². The second-order valence-corrected chi connectivity index (χ2v) is 4.37. The van der Waals surface area contributed by atoms with Crippen molar-refractivity contribution in [1.29, 1.82) is 0 Å². The lowest BCUT2D eigenvalue weighted by Gasteiger charge is -2.42. The molecule has 3 N–H and O–H groups in total. The number of hydrogen-bond donors (Lipinski definition) is 2. The lowest BCUT2D eigenvalue weighted by Crippen LogP contribution is -2.52. The van der Waals surface area contributed by atoms with Crippen molar-refractivity contribution in [3.8, 4) is 0 Å². The summed E-state index contributed by atoms with van der Waals surface area (Å²) in [4.78, 5) is 24.3. The first-order valence-corrected chi connectivity index (χ1v) is 5.77. The molecule has 1 rings (SSSR count). The van der Waals surface area contributed by atoms with Crippen molar-refractivity contribution in [2.45, 2.75) is 32.6 Å². The smallest absolute Gasteiger partial charge is 0.305 e. The monoisotopic (exact) mass is 228 g/mol. The van der Waals surface area contributed by atoms with Crippen molar-refractivity contribution in [3.05, 3.63) is 0 Å². The number of carboxylic acids is 1. The molecular weight excluding hydrogens is 208 g/mol. The van der Waals surface area contributed by atoms with Gasteiger partial charge in [0.2, 0.25) is 5.91 Å². The Morgan fingerprint density at radius 1 is 1.44 bits per heavy atom. The standard InChI is InChI=1S/C11H20N2O3/c1-2-13(7-4-9(14)15)10(16)11(8-12)5-3-6-11/h2-8,12H2,1H3,(H,14,15). The Labute approximate surface area is 95.6 Å². The zero-order valence-corrected chi connectivity index (χ0v) is 9.74. The second-order valence-electron chi connectivity index (χ2n) is 4.37. The number of amides is 1. The lowest BCUT2D eigenvalue weighted by molar-refractivity contribution is -0.147. The summed E-state index contributed by atoms with van der Waals surface area (Å²) in [5.41, 5.74) is 5.26. The van der Waals surface area contributed by atoms with Crippen molar-refractivity contribution in [3.63, 3.8) is 0 Å². The molecule has 0 heterocycles. The van der Waals surface area contributed by atoms with Crippen LogP contribution in [0.25, 0.3) is 0 Å². The van der Waals surface area contributed by atoms with E-state index in [2.05, 4.69) is 0 Å². The quantitative estimate of drug-likeness (QED) is 0.691. The van der Waals surface area contributed by atoms with E-state index < -0.39 is 11.4 Å². The van der Waals surface area contributed by atoms with Crippen molar-refractivity contribution in [1.82, 2.24) is 4.90 Å². The number of nitrogens with zero attached hydrogens (tertiary/aromatic N) is 1. The van der Waals surface area contributed by atoms with E-state index in [9.17, 15) is 9.59 Å². The highest BCUT2D eigenvalue weighted by Gasteiger charge is 2.44. The van der Waals surface area contributed by atoms with Gasteiger partial charge < -0.3 is 15.7 Å². The van der Waals surface area contributed by atoms with Crippen LogP contribution in [0.5, 0.6) is 0 Å². The van der Waals surface area contributed by atoms with Gasteiger partial charge in [-0.05, 0) is 19.8 Å². The Kier molecular flexibility index (Phi) is 4.29. The van der Waals surface area contributed by atoms with Crippen LogP contribution in [0.1, 0.15) is 32.6 Å². The van der Waals surface area contributed by atoms with Crippen molar-refractivity contribution in [2.75, 3.05) is 19.6 Å². The van der Waals surface area contributed by atoms with E-state index in [1.165, 1.54) is 0 Å². The fraction of sp³-hybridized carbons (Fsp3) is 0.818. The van der Waals surface area contributed by atoms with Gasteiger partial charge in [0, 0.05) is 19.6 Å². The van der Waals surface area contributed by atoms with Gasteiger partial charge in [0.15, 0.2) is 0 Å². The van der Waals surface area contributed by atoms with Crippen LogP contribution in [0.4, 0.5) is 0 Å². The second kappa shape index (κ2) is 5.30. The maximum absolute atomic E-state index is 12.2. The predicted octanol–water partition coefficient (Wildman–Crippen LogP) is 0.439. The molecule has 0 aliphatic heterocycles. The van der Waals surface area contributed by atoms with Crippen molar-refractivity contribution >= 4 is 11.9 Å². The number of nitrogens with two attached hydrogens (primary N) is 1. The summed E-state index contributed by atoms with van der Waals surface area (Å²) in [6.45, 7) is 3.07. The Morgan fingerprint density at radius 3 is 2.38 bits per heavy atom. The third kappa shape index (κ3) is 2.52. The Bertz CT molecular complexity index is 269. The number of carbonyl (C=O) groups is 2. The number of carbonyl (C=O) groups excluding carboxylic acids is 1. The summed E-state index contributed by atoms with van der Waals surface area (Å²) in [6, 6.07) is 0. The van der Waals surface area contributed by atoms with E-state index in [-0.39, 0.29) is 18.9 Å². The molecule has 92 valence electrons. The molecule has 0 aromatic rings. The van der Waals surface area contributed by atoms with E-state index in [0.717, 1.165) is 19.3 Å². The summed E-state index contributed by atoms with van der Waals surface area (Å²) >= 11 is 0. The van der Waals surface area contributed by atoms with E-state index >= 15 is 0 Å². The van der Waals surface area contributed by atoms with Gasteiger partial charge in [-0.3, -0.25) is 9.59 Å². The first-order chi connectivity index (χ1) is 7.55. The van der Waals surface area contributed by atoms with E-state index in [0.29, 0.717) is 13.1 Å². The van der Waals surface area contributed by atoms with Crippen LogP contribution in [0, 0.1) is 5.41 Å². The number of aliphatic carboxylic acids is 1. The Hall–Kier alpha value is -1.10. The van der Waals surface area contributed by atoms with E-state index in [4.69, 9.17) is 10.8 Å². The first-order valence-electron chi connectivity index (χ1n) is 5.77. The molecule has 1 fully saturated rings. The Morgan fingerprint density at radius 2 is 2.06 bits per heavy atom. The molecule has 5 heteroatoms. The van der Waals surface area contributed by atoms with Crippen LogP contribution < -0.4 is 5.73 Å². The average molecular weight is 228 g/mol. The zero-order valence-electron chi connectivity index (χ0n) is 9.74. The van der Waals surface area contributed by atoms with Crippen LogP contribution in [-0.4, -0.2) is 41.5 Å². The molecule has 16 heavy (non-hydrogen) atoms. The molecule has 1 aliphatic rings. The third-order valence-electron chi connectivity index (χ3n) is 3.42. The number of carboxylic acid groups (broad SMARTS) is 1. The van der Waals surface area contributed by atoms with Gasteiger partial charge in [-0.15, -0.1) is 0 Å². The van der Waals surface area contributed by atoms with E-state index in [1.807, 2.05) is 6.92 Å². The van der Waals surface area contributed by atoms with Gasteiger partial charge >= 0.3 is 5.97 Å². The van der Waals surface area contributed by atoms with Crippen LogP contribution in [0.15, 0.2) is 0 Å². The molecule has 1 amide bonds. The highest BCUT2D eigenvalue weighted by atomic mass is 16.4. The predicted molar refractivity (Wildman–Crippen MR) is 59.8 cm³/mol. The third-order valence-corrected chi connectivity index (χ3v) is 3.42. The molecule has 0 radical (unpaired) electrons. The topological polar surface area (TPSA) is 83.6 Å². The van der Waals surface area contributed by atoms with Crippen LogP contribution in [0.3, 0.4) is 0 Å². The van der Waals surface area contributed by atoms with Crippen LogP contribution >= 0.6 is 0 Å². The highest BCUT2D eigenvalue weighted by Crippen LogP contribution is 2.41. The maximum Gasteiger partial charge on any atom is 0.305 e. The van der Waals surface area contributed by atoms with Crippen molar-refractivity contribution in [2.24, 2.45) is 11.1 Å². The molecule has 5 nitrogen and oxygen atoms in total. The summed E-state index contributed by atoms with van der Waals surface area (Å²) in [5, 5.41) is 8.61. The minimum absolute atomic E-state index is 0.000230. The minimum Gasteiger partial charge on any atom is -0.481 e. The number of hydrogen-bond acceptors (Lipinski definition) is 3. The fourth-order valence-corrected chi connectivity index (χ4v) is 2.08. The van der Waals surface area contributed by atoms with Gasteiger partial charge in [0.25, 0.3) is 0 Å². The highest BCUT2D eigenvalue weighted by molar-refractivity contribution is 5.84. The summed E-state index contributed by atoms with van der Waals surface area (Å²) in [5.74, 6) is -0.841. The Balaban J connectivity index is 2.58. The molecule has 0 atom stereocenters. The molecule has 0 aromatic heterocycles. The molecule has 0 saturated heterocycles. The summed E-state index contributed by atoms with van der Waals surface area (Å²) < 4.78 is 0. The maximum atomic E-state index is 12.2. The zero-order chi connectivity index (χ0) is 12.2. The van der Waals surface area contributed by atoms with Crippen LogP contribution in [-0.2, 0) is 9.59 Å². The molecule has 0 spiro atoms. The van der Waals surface area contributed by atoms with E-state index in [1.54, 1.807) is 4.90 Å². The summed E-state index contributed by atoms with van der Waals surface area (Å²) in [7, 11) is 0.